The van der Waals surface area contributed by atoms with Crippen molar-refractivity contribution in [1.82, 2.24) is 0 Å². The topological polar surface area (TPSA) is 29.4 Å². The second kappa shape index (κ2) is 4.23. The molecule has 0 aliphatic carbocycles. The van der Waals surface area contributed by atoms with Gasteiger partial charge in [-0.1, -0.05) is 30.3 Å². The molecule has 1 rings (SSSR count). The van der Waals surface area contributed by atoms with Gasteiger partial charge < -0.3 is 0 Å². The van der Waals surface area contributed by atoms with E-state index in [9.17, 15) is 4.79 Å². The fourth-order valence-corrected chi connectivity index (χ4v) is 0.784. The minimum atomic E-state index is -0.321. The van der Waals surface area contributed by atoms with Crippen molar-refractivity contribution >= 4 is 18.7 Å². The van der Waals surface area contributed by atoms with Gasteiger partial charge >= 0.3 is 0 Å². The lowest BCUT2D eigenvalue weighted by atomic mass is 10.2. The molecule has 2 heteroatoms. The number of nitrogens with zero attached hydrogens (tertiary/aromatic N) is 1. The second-order valence-corrected chi connectivity index (χ2v) is 2.24. The highest BCUT2D eigenvalue weighted by Gasteiger charge is 1.87. The first kappa shape index (κ1) is 8.40. The van der Waals surface area contributed by atoms with Gasteiger partial charge in [-0.05, 0) is 18.4 Å². The van der Waals surface area contributed by atoms with Crippen molar-refractivity contribution in [3.63, 3.8) is 0 Å². The molecule has 0 aliphatic heterocycles. The smallest absolute Gasteiger partial charge is 0.268 e. The van der Waals surface area contributed by atoms with Gasteiger partial charge in [0.2, 0.25) is 0 Å². The van der Waals surface area contributed by atoms with Crippen LogP contribution in [0.5, 0.6) is 0 Å². The van der Waals surface area contributed by atoms with Crippen LogP contribution in [0.1, 0.15) is 5.56 Å². The largest absolute Gasteiger partial charge is 0.269 e. The van der Waals surface area contributed by atoms with Crippen LogP contribution in [0.4, 0.5) is 0 Å². The molecule has 0 spiro atoms. The maximum absolute atomic E-state index is 10.7. The zero-order valence-corrected chi connectivity index (χ0v) is 6.60. The lowest BCUT2D eigenvalue weighted by molar-refractivity contribution is -0.113. The van der Waals surface area contributed by atoms with Gasteiger partial charge in [0.05, 0.1) is 0 Å². The lowest BCUT2D eigenvalue weighted by Crippen LogP contribution is -1.82. The maximum atomic E-state index is 10.7. The van der Waals surface area contributed by atoms with Gasteiger partial charge in [0, 0.05) is 6.08 Å². The van der Waals surface area contributed by atoms with E-state index in [0.717, 1.165) is 5.56 Å². The molecule has 0 atom stereocenters. The van der Waals surface area contributed by atoms with Gasteiger partial charge in [-0.25, -0.2) is 4.99 Å². The summed E-state index contributed by atoms with van der Waals surface area (Å²) in [6.07, 6.45) is 3.10. The van der Waals surface area contributed by atoms with Crippen LogP contribution in [0.3, 0.4) is 0 Å². The predicted octanol–water partition coefficient (Wildman–Crippen LogP) is 1.93. The Morgan fingerprint density at radius 2 is 2.00 bits per heavy atom. The average Bonchev–Trinajstić information content (AvgIpc) is 2.16. The Balaban J connectivity index is 2.70. The number of benzene rings is 1. The Bertz CT molecular complexity index is 301. The first-order valence-corrected chi connectivity index (χ1v) is 3.57. The third-order valence-electron chi connectivity index (χ3n) is 1.37. The van der Waals surface area contributed by atoms with Crippen molar-refractivity contribution in [2.75, 3.05) is 0 Å². The maximum Gasteiger partial charge on any atom is 0.269 e. The molecule has 12 heavy (non-hydrogen) atoms. The number of hydrogen-bond acceptors (Lipinski definition) is 1. The molecule has 0 heterocycles. The molecular weight excluding hydrogens is 150 g/mol. The molecule has 0 saturated heterocycles. The number of rotatable bonds is 2. The highest BCUT2D eigenvalue weighted by molar-refractivity contribution is 5.94. The van der Waals surface area contributed by atoms with Crippen LogP contribution in [0.2, 0.25) is 0 Å². The van der Waals surface area contributed by atoms with E-state index in [2.05, 4.69) is 11.7 Å². The van der Waals surface area contributed by atoms with Crippen LogP contribution in [-0.4, -0.2) is 12.6 Å². The normalized spacial score (nSPS) is 10.0. The zero-order valence-electron chi connectivity index (χ0n) is 6.60. The molecule has 1 amide bonds. The van der Waals surface area contributed by atoms with Crippen LogP contribution in [-0.2, 0) is 4.79 Å². The van der Waals surface area contributed by atoms with E-state index in [4.69, 9.17) is 0 Å². The van der Waals surface area contributed by atoms with Crippen molar-refractivity contribution < 1.29 is 4.79 Å². The van der Waals surface area contributed by atoms with E-state index in [-0.39, 0.29) is 5.91 Å². The number of aliphatic imine (C=N–C) groups is 1. The van der Waals surface area contributed by atoms with E-state index in [1.54, 1.807) is 6.08 Å². The first-order valence-electron chi connectivity index (χ1n) is 3.57. The highest BCUT2D eigenvalue weighted by atomic mass is 16.1. The molecule has 1 aromatic carbocycles. The summed E-state index contributed by atoms with van der Waals surface area (Å²) in [6, 6.07) is 9.56. The summed E-state index contributed by atoms with van der Waals surface area (Å²) < 4.78 is 0. The fraction of sp³-hybridized carbons (Fsp3) is 0. The summed E-state index contributed by atoms with van der Waals surface area (Å²) in [6.45, 7) is 3.12. The summed E-state index contributed by atoms with van der Waals surface area (Å²) in [5.74, 6) is -0.321. The van der Waals surface area contributed by atoms with Gasteiger partial charge in [0.1, 0.15) is 0 Å². The van der Waals surface area contributed by atoms with Crippen LogP contribution in [0.25, 0.3) is 6.08 Å². The van der Waals surface area contributed by atoms with Gasteiger partial charge in [-0.2, -0.15) is 0 Å². The standard InChI is InChI=1S/C10H9NO/c1-11-10(12)8-7-9-5-3-2-4-6-9/h2-8H,1H2. The van der Waals surface area contributed by atoms with E-state index in [1.807, 2.05) is 30.3 Å². The minimum absolute atomic E-state index is 0.321. The minimum Gasteiger partial charge on any atom is -0.268 e. The molecule has 0 bridgehead atoms. The van der Waals surface area contributed by atoms with Crippen LogP contribution < -0.4 is 0 Å². The Morgan fingerprint density at radius 3 is 2.58 bits per heavy atom. The van der Waals surface area contributed by atoms with Crippen molar-refractivity contribution in [2.24, 2.45) is 4.99 Å². The van der Waals surface area contributed by atoms with Gasteiger partial charge in [-0.3, -0.25) is 4.79 Å². The first-order chi connectivity index (χ1) is 5.83. The zero-order chi connectivity index (χ0) is 8.81. The summed E-state index contributed by atoms with van der Waals surface area (Å²) in [7, 11) is 0. The predicted molar refractivity (Wildman–Crippen MR) is 50.0 cm³/mol. The highest BCUT2D eigenvalue weighted by Crippen LogP contribution is 2.00. The number of hydrogen-bond donors (Lipinski definition) is 0. The molecule has 2 nitrogen and oxygen atoms in total. The average molecular weight is 159 g/mol. The van der Waals surface area contributed by atoms with Crippen molar-refractivity contribution in [2.45, 2.75) is 0 Å². The monoisotopic (exact) mass is 159 g/mol. The molecule has 60 valence electrons. The SMILES string of the molecule is C=NC(=O)C=Cc1ccccc1. The van der Waals surface area contributed by atoms with E-state index in [0.29, 0.717) is 0 Å². The van der Waals surface area contributed by atoms with Crippen molar-refractivity contribution in [3.05, 3.63) is 42.0 Å². The molecule has 0 radical (unpaired) electrons. The van der Waals surface area contributed by atoms with E-state index < -0.39 is 0 Å². The molecular formula is C10H9NO. The van der Waals surface area contributed by atoms with Gasteiger partial charge in [0.25, 0.3) is 5.91 Å². The Labute approximate surface area is 71.3 Å². The third-order valence-corrected chi connectivity index (χ3v) is 1.37. The molecule has 0 aliphatic rings. The molecule has 0 N–H and O–H groups in total. The van der Waals surface area contributed by atoms with Gasteiger partial charge in [-0.15, -0.1) is 0 Å². The van der Waals surface area contributed by atoms with E-state index >= 15 is 0 Å². The quantitative estimate of drug-likeness (QED) is 0.479. The molecule has 0 fully saturated rings. The summed E-state index contributed by atoms with van der Waals surface area (Å²) in [5.41, 5.74) is 0.981. The summed E-state index contributed by atoms with van der Waals surface area (Å²) in [4.78, 5) is 13.9. The third kappa shape index (κ3) is 2.50. The van der Waals surface area contributed by atoms with Gasteiger partial charge in [0.15, 0.2) is 0 Å². The Kier molecular flexibility index (Phi) is 2.96. The lowest BCUT2D eigenvalue weighted by Gasteiger charge is -1.88. The molecule has 0 saturated carbocycles. The molecule has 0 unspecified atom stereocenters. The number of amides is 1. The molecule has 0 aromatic heterocycles. The number of carbonyl (C=O) groups excluding carboxylic acids is 1. The van der Waals surface area contributed by atoms with Crippen LogP contribution in [0.15, 0.2) is 41.4 Å². The van der Waals surface area contributed by atoms with Crippen LogP contribution in [0, 0.1) is 0 Å². The summed E-state index contributed by atoms with van der Waals surface area (Å²) in [5, 5.41) is 0. The fourth-order valence-electron chi connectivity index (χ4n) is 0.784. The van der Waals surface area contributed by atoms with Crippen molar-refractivity contribution in [1.29, 1.82) is 0 Å². The van der Waals surface area contributed by atoms with E-state index in [1.165, 1.54) is 6.08 Å². The summed E-state index contributed by atoms with van der Waals surface area (Å²) >= 11 is 0. The Morgan fingerprint density at radius 1 is 1.33 bits per heavy atom. The second-order valence-electron chi connectivity index (χ2n) is 2.24. The number of carbonyl (C=O) groups is 1. The van der Waals surface area contributed by atoms with Crippen molar-refractivity contribution in [3.8, 4) is 0 Å². The molecule has 1 aromatic rings. The van der Waals surface area contributed by atoms with Crippen LogP contribution >= 0.6 is 0 Å². The Hall–Kier alpha value is -1.70.